The summed E-state index contributed by atoms with van der Waals surface area (Å²) < 4.78 is 13.4. The van der Waals surface area contributed by atoms with E-state index in [1.54, 1.807) is 7.05 Å². The number of fused-ring (bicyclic) bond motifs is 1. The fraction of sp³-hybridized carbons (Fsp3) is 0.600. The number of nitrogens with zero attached hydrogens (tertiary/aromatic N) is 3. The summed E-state index contributed by atoms with van der Waals surface area (Å²) in [6.07, 6.45) is 4.45. The van der Waals surface area contributed by atoms with Gasteiger partial charge in [0.15, 0.2) is 0 Å². The number of pyridine rings is 1. The normalized spacial score (nSPS) is 22.8. The first-order valence-electron chi connectivity index (χ1n) is 7.55. The Balaban J connectivity index is 1.82. The van der Waals surface area contributed by atoms with Crippen LogP contribution in [0, 0.1) is 5.82 Å². The van der Waals surface area contributed by atoms with E-state index in [2.05, 4.69) is 15.2 Å². The molecule has 6 heteroatoms. The molecule has 1 aromatic rings. The number of carbonyl (C=O) groups excluding carboxylic acids is 1. The number of carbonyl (C=O) groups is 1. The van der Waals surface area contributed by atoms with Gasteiger partial charge in [0.1, 0.15) is 11.6 Å². The van der Waals surface area contributed by atoms with Gasteiger partial charge < -0.3 is 10.2 Å². The second-order valence-corrected chi connectivity index (χ2v) is 5.74. The Hall–Kier alpha value is -1.69. The summed E-state index contributed by atoms with van der Waals surface area (Å²) in [6, 6.07) is 1.73. The standard InChI is InChI=1S/C15H21FN4O/c1-17-14-13(8-11(16)9-18-14)15(21)20-7-3-6-19-5-2-4-12(19)10-20/h8-9,12H,2-7,10H2,1H3,(H,17,18). The maximum absolute atomic E-state index is 13.4. The highest BCUT2D eigenvalue weighted by atomic mass is 19.1. The molecular weight excluding hydrogens is 271 g/mol. The third kappa shape index (κ3) is 2.85. The lowest BCUT2D eigenvalue weighted by atomic mass is 10.1. The van der Waals surface area contributed by atoms with E-state index >= 15 is 0 Å². The van der Waals surface area contributed by atoms with Crippen molar-refractivity contribution in [3.05, 3.63) is 23.6 Å². The third-order valence-electron chi connectivity index (χ3n) is 4.41. The Morgan fingerprint density at radius 3 is 3.00 bits per heavy atom. The van der Waals surface area contributed by atoms with E-state index in [-0.39, 0.29) is 5.91 Å². The lowest BCUT2D eigenvalue weighted by Gasteiger charge is -2.26. The van der Waals surface area contributed by atoms with E-state index in [1.165, 1.54) is 12.5 Å². The summed E-state index contributed by atoms with van der Waals surface area (Å²) in [7, 11) is 1.69. The minimum atomic E-state index is -0.477. The van der Waals surface area contributed by atoms with Crippen LogP contribution in [-0.2, 0) is 0 Å². The minimum absolute atomic E-state index is 0.125. The van der Waals surface area contributed by atoms with Crippen molar-refractivity contribution >= 4 is 11.7 Å². The van der Waals surface area contributed by atoms with Gasteiger partial charge in [0, 0.05) is 32.7 Å². The van der Waals surface area contributed by atoms with Crippen LogP contribution in [0.1, 0.15) is 29.6 Å². The predicted octanol–water partition coefficient (Wildman–Crippen LogP) is 1.57. The van der Waals surface area contributed by atoms with Crippen LogP contribution in [0.3, 0.4) is 0 Å². The molecule has 0 radical (unpaired) electrons. The number of hydrogen-bond donors (Lipinski definition) is 1. The number of amides is 1. The van der Waals surface area contributed by atoms with Gasteiger partial charge in [-0.05, 0) is 31.9 Å². The van der Waals surface area contributed by atoms with Crippen LogP contribution in [0.25, 0.3) is 0 Å². The molecule has 0 bridgehead atoms. The molecule has 5 nitrogen and oxygen atoms in total. The summed E-state index contributed by atoms with van der Waals surface area (Å²) in [6.45, 7) is 3.65. The molecule has 2 aliphatic heterocycles. The molecule has 2 fully saturated rings. The SMILES string of the molecule is CNc1ncc(F)cc1C(=O)N1CCCN2CCCC2C1. The number of aromatic nitrogens is 1. The molecule has 0 aromatic carbocycles. The van der Waals surface area contributed by atoms with Crippen molar-refractivity contribution in [2.75, 3.05) is 38.5 Å². The van der Waals surface area contributed by atoms with Crippen molar-refractivity contribution in [1.29, 1.82) is 0 Å². The molecule has 3 heterocycles. The van der Waals surface area contributed by atoms with E-state index in [1.807, 2.05) is 4.90 Å². The van der Waals surface area contributed by atoms with E-state index in [0.29, 0.717) is 17.4 Å². The molecule has 3 rings (SSSR count). The van der Waals surface area contributed by atoms with Gasteiger partial charge in [-0.2, -0.15) is 0 Å². The van der Waals surface area contributed by atoms with Gasteiger partial charge in [-0.25, -0.2) is 9.37 Å². The van der Waals surface area contributed by atoms with Crippen LogP contribution in [0.15, 0.2) is 12.3 Å². The zero-order valence-electron chi connectivity index (χ0n) is 12.3. The first-order chi connectivity index (χ1) is 10.2. The molecule has 1 amide bonds. The van der Waals surface area contributed by atoms with Gasteiger partial charge in [-0.1, -0.05) is 0 Å². The van der Waals surface area contributed by atoms with Crippen LogP contribution >= 0.6 is 0 Å². The van der Waals surface area contributed by atoms with Gasteiger partial charge >= 0.3 is 0 Å². The van der Waals surface area contributed by atoms with E-state index in [4.69, 9.17) is 0 Å². The molecule has 0 saturated carbocycles. The van der Waals surface area contributed by atoms with E-state index < -0.39 is 5.82 Å². The molecule has 1 aromatic heterocycles. The summed E-state index contributed by atoms with van der Waals surface area (Å²) >= 11 is 0. The van der Waals surface area contributed by atoms with Crippen molar-refractivity contribution in [3.63, 3.8) is 0 Å². The highest BCUT2D eigenvalue weighted by Gasteiger charge is 2.31. The van der Waals surface area contributed by atoms with Crippen LogP contribution in [0.2, 0.25) is 0 Å². The van der Waals surface area contributed by atoms with Gasteiger partial charge in [0.25, 0.3) is 5.91 Å². The molecule has 2 aliphatic rings. The Bertz CT molecular complexity index is 536. The second-order valence-electron chi connectivity index (χ2n) is 5.74. The number of halogens is 1. The highest BCUT2D eigenvalue weighted by molar-refractivity contribution is 5.98. The van der Waals surface area contributed by atoms with Gasteiger partial charge in [0.05, 0.1) is 11.8 Å². The quantitative estimate of drug-likeness (QED) is 0.899. The van der Waals surface area contributed by atoms with Crippen molar-refractivity contribution in [2.24, 2.45) is 0 Å². The van der Waals surface area contributed by atoms with Crippen molar-refractivity contribution < 1.29 is 9.18 Å². The number of nitrogens with one attached hydrogen (secondary N) is 1. The first kappa shape index (κ1) is 14.3. The molecule has 2 saturated heterocycles. The average molecular weight is 292 g/mol. The van der Waals surface area contributed by atoms with E-state index in [9.17, 15) is 9.18 Å². The van der Waals surface area contributed by atoms with Crippen LogP contribution in [0.5, 0.6) is 0 Å². The summed E-state index contributed by atoms with van der Waals surface area (Å²) in [5.41, 5.74) is 0.323. The number of hydrogen-bond acceptors (Lipinski definition) is 4. The molecule has 114 valence electrons. The molecule has 1 N–H and O–H groups in total. The van der Waals surface area contributed by atoms with Gasteiger partial charge in [-0.15, -0.1) is 0 Å². The van der Waals surface area contributed by atoms with Gasteiger partial charge in [-0.3, -0.25) is 9.69 Å². The first-order valence-corrected chi connectivity index (χ1v) is 7.55. The lowest BCUT2D eigenvalue weighted by Crippen LogP contribution is -2.40. The molecule has 0 aliphatic carbocycles. The fourth-order valence-electron chi connectivity index (χ4n) is 3.36. The van der Waals surface area contributed by atoms with Gasteiger partial charge in [0.2, 0.25) is 0 Å². The van der Waals surface area contributed by atoms with Crippen molar-refractivity contribution in [3.8, 4) is 0 Å². The Kier molecular flexibility index (Phi) is 4.05. The topological polar surface area (TPSA) is 48.5 Å². The molecule has 0 spiro atoms. The molecule has 1 atom stereocenters. The van der Waals surface area contributed by atoms with Crippen molar-refractivity contribution in [2.45, 2.75) is 25.3 Å². The Morgan fingerprint density at radius 1 is 1.38 bits per heavy atom. The predicted molar refractivity (Wildman–Crippen MR) is 78.9 cm³/mol. The molecule has 21 heavy (non-hydrogen) atoms. The number of anilines is 1. The monoisotopic (exact) mass is 292 g/mol. The lowest BCUT2D eigenvalue weighted by molar-refractivity contribution is 0.0743. The largest absolute Gasteiger partial charge is 0.372 e. The van der Waals surface area contributed by atoms with Crippen LogP contribution < -0.4 is 5.32 Å². The minimum Gasteiger partial charge on any atom is -0.372 e. The maximum atomic E-state index is 13.4. The third-order valence-corrected chi connectivity index (χ3v) is 4.41. The van der Waals surface area contributed by atoms with Crippen LogP contribution in [-0.4, -0.2) is 60.0 Å². The van der Waals surface area contributed by atoms with Crippen LogP contribution in [0.4, 0.5) is 10.2 Å². The summed E-state index contributed by atoms with van der Waals surface area (Å²) in [5, 5.41) is 2.87. The van der Waals surface area contributed by atoms with Crippen molar-refractivity contribution in [1.82, 2.24) is 14.8 Å². The fourth-order valence-corrected chi connectivity index (χ4v) is 3.36. The smallest absolute Gasteiger partial charge is 0.257 e. The van der Waals surface area contributed by atoms with E-state index in [0.717, 1.165) is 45.2 Å². The molecule has 1 unspecified atom stereocenters. The maximum Gasteiger partial charge on any atom is 0.257 e. The second kappa shape index (κ2) is 5.97. The average Bonchev–Trinajstić information content (AvgIpc) is 2.83. The zero-order valence-corrected chi connectivity index (χ0v) is 12.3. The summed E-state index contributed by atoms with van der Waals surface area (Å²) in [4.78, 5) is 21.0. The Morgan fingerprint density at radius 2 is 2.19 bits per heavy atom. The Labute approximate surface area is 124 Å². The number of rotatable bonds is 2. The highest BCUT2D eigenvalue weighted by Crippen LogP contribution is 2.23. The summed E-state index contributed by atoms with van der Waals surface area (Å²) in [5.74, 6) is -0.163. The zero-order chi connectivity index (χ0) is 14.8. The molecular formula is C15H21FN4O.